The third-order valence-corrected chi connectivity index (χ3v) is 2.59. The Hall–Kier alpha value is -0.124. The minimum atomic E-state index is 0. The first-order chi connectivity index (χ1) is 7.33. The van der Waals surface area contributed by atoms with E-state index in [0.717, 1.165) is 23.1 Å². The van der Waals surface area contributed by atoms with Gasteiger partial charge in [-0.25, -0.2) is 0 Å². The standard InChI is InChI=1S/C14H14O.K.H/c1-2-12-13(9-6-10-14(12)15)11-7-4-3-5-8-11;;/h3-10,15H,2H2,1H3;;/q;+1;-1. The van der Waals surface area contributed by atoms with Crippen LogP contribution in [0.4, 0.5) is 0 Å². The first-order valence-electron chi connectivity index (χ1n) is 5.19. The van der Waals surface area contributed by atoms with Gasteiger partial charge in [-0.05, 0) is 23.6 Å². The van der Waals surface area contributed by atoms with Gasteiger partial charge in [-0.2, -0.15) is 0 Å². The maximum atomic E-state index is 9.75. The largest absolute Gasteiger partial charge is 1.00 e. The van der Waals surface area contributed by atoms with Crippen LogP contribution < -0.4 is 51.4 Å². The van der Waals surface area contributed by atoms with Gasteiger partial charge in [0.1, 0.15) is 5.75 Å². The van der Waals surface area contributed by atoms with Crippen LogP contribution in [0.25, 0.3) is 11.1 Å². The van der Waals surface area contributed by atoms with Crippen molar-refractivity contribution in [3.63, 3.8) is 0 Å². The van der Waals surface area contributed by atoms with Crippen LogP contribution in [0.2, 0.25) is 0 Å². The fourth-order valence-corrected chi connectivity index (χ4v) is 1.83. The molecule has 78 valence electrons. The van der Waals surface area contributed by atoms with Crippen molar-refractivity contribution < 1.29 is 57.9 Å². The maximum Gasteiger partial charge on any atom is 1.00 e. The Balaban J connectivity index is 0.00000128. The SMILES string of the molecule is CCc1c(O)cccc1-c1ccccc1.[H-].[K+]. The molecule has 1 nitrogen and oxygen atoms in total. The summed E-state index contributed by atoms with van der Waals surface area (Å²) in [6, 6.07) is 15.8. The summed E-state index contributed by atoms with van der Waals surface area (Å²) in [5.41, 5.74) is 3.30. The van der Waals surface area contributed by atoms with E-state index in [4.69, 9.17) is 0 Å². The second-order valence-electron chi connectivity index (χ2n) is 3.52. The van der Waals surface area contributed by atoms with E-state index in [0.29, 0.717) is 5.75 Å². The molecule has 0 atom stereocenters. The summed E-state index contributed by atoms with van der Waals surface area (Å²) in [5, 5.41) is 9.75. The normalized spacial score (nSPS) is 9.56. The second kappa shape index (κ2) is 6.57. The Morgan fingerprint density at radius 3 is 2.31 bits per heavy atom. The Labute approximate surface area is 140 Å². The summed E-state index contributed by atoms with van der Waals surface area (Å²) < 4.78 is 0. The van der Waals surface area contributed by atoms with Gasteiger partial charge in [0, 0.05) is 5.56 Å². The Bertz CT molecular complexity index is 457. The third kappa shape index (κ3) is 2.96. The van der Waals surface area contributed by atoms with E-state index in [1.165, 1.54) is 0 Å². The Morgan fingerprint density at radius 1 is 1.00 bits per heavy atom. The summed E-state index contributed by atoms with van der Waals surface area (Å²) in [5.74, 6) is 0.388. The van der Waals surface area contributed by atoms with Gasteiger partial charge in [0.2, 0.25) is 0 Å². The van der Waals surface area contributed by atoms with Gasteiger partial charge in [-0.1, -0.05) is 49.4 Å². The van der Waals surface area contributed by atoms with Crippen LogP contribution in [-0.2, 0) is 6.42 Å². The molecule has 0 aromatic heterocycles. The molecule has 0 saturated carbocycles. The monoisotopic (exact) mass is 238 g/mol. The van der Waals surface area contributed by atoms with Gasteiger partial charge < -0.3 is 6.53 Å². The molecule has 0 aliphatic carbocycles. The molecule has 0 aliphatic rings. The zero-order valence-electron chi connectivity index (χ0n) is 10.8. The van der Waals surface area contributed by atoms with Crippen LogP contribution in [-0.4, -0.2) is 5.11 Å². The molecule has 16 heavy (non-hydrogen) atoms. The number of hydrogen-bond acceptors (Lipinski definition) is 1. The fourth-order valence-electron chi connectivity index (χ4n) is 1.83. The molecule has 0 amide bonds. The quantitative estimate of drug-likeness (QED) is 0.765. The van der Waals surface area contributed by atoms with Gasteiger partial charge in [0.05, 0.1) is 0 Å². The Kier molecular flexibility index (Phi) is 5.73. The molecule has 2 heteroatoms. The molecule has 1 N–H and O–H groups in total. The van der Waals surface area contributed by atoms with E-state index in [9.17, 15) is 5.11 Å². The Morgan fingerprint density at radius 2 is 1.69 bits per heavy atom. The molecule has 0 fully saturated rings. The molecule has 0 unspecified atom stereocenters. The summed E-state index contributed by atoms with van der Waals surface area (Å²) in [7, 11) is 0. The van der Waals surface area contributed by atoms with E-state index < -0.39 is 0 Å². The van der Waals surface area contributed by atoms with Crippen LogP contribution in [0, 0.1) is 0 Å². The smallest absolute Gasteiger partial charge is 1.00 e. The summed E-state index contributed by atoms with van der Waals surface area (Å²) in [4.78, 5) is 0. The molecule has 0 spiro atoms. The van der Waals surface area contributed by atoms with Gasteiger partial charge in [0.25, 0.3) is 0 Å². The topological polar surface area (TPSA) is 20.2 Å². The van der Waals surface area contributed by atoms with Gasteiger partial charge in [-0.15, -0.1) is 0 Å². The minimum absolute atomic E-state index is 0. The van der Waals surface area contributed by atoms with Crippen LogP contribution in [0.1, 0.15) is 13.9 Å². The van der Waals surface area contributed by atoms with Crippen molar-refractivity contribution in [1.82, 2.24) is 0 Å². The maximum absolute atomic E-state index is 9.75. The first kappa shape index (κ1) is 13.9. The summed E-state index contributed by atoms with van der Waals surface area (Å²) in [6.45, 7) is 2.06. The van der Waals surface area contributed by atoms with Crippen molar-refractivity contribution in [2.75, 3.05) is 0 Å². The van der Waals surface area contributed by atoms with Gasteiger partial charge in [0.15, 0.2) is 0 Å². The fraction of sp³-hybridized carbons (Fsp3) is 0.143. The molecule has 2 aromatic carbocycles. The molecule has 0 radical (unpaired) electrons. The van der Waals surface area contributed by atoms with Crippen LogP contribution in [0.15, 0.2) is 48.5 Å². The number of hydrogen-bond donors (Lipinski definition) is 1. The second-order valence-corrected chi connectivity index (χ2v) is 3.52. The van der Waals surface area contributed by atoms with Crippen LogP contribution in [0.3, 0.4) is 0 Å². The van der Waals surface area contributed by atoms with Crippen LogP contribution >= 0.6 is 0 Å². The number of phenols is 1. The van der Waals surface area contributed by atoms with Crippen molar-refractivity contribution in [1.29, 1.82) is 0 Å². The van der Waals surface area contributed by atoms with Crippen molar-refractivity contribution in [3.05, 3.63) is 54.1 Å². The van der Waals surface area contributed by atoms with E-state index in [2.05, 4.69) is 19.1 Å². The van der Waals surface area contributed by atoms with E-state index in [-0.39, 0.29) is 52.8 Å². The average Bonchev–Trinajstić information content (AvgIpc) is 2.30. The molecule has 0 heterocycles. The molecule has 0 aliphatic heterocycles. The predicted octanol–water partition coefficient (Wildman–Crippen LogP) is 0.738. The van der Waals surface area contributed by atoms with Crippen molar-refractivity contribution in [2.45, 2.75) is 13.3 Å². The number of phenolic OH excluding ortho intramolecular Hbond substituents is 1. The zero-order chi connectivity index (χ0) is 10.7. The number of rotatable bonds is 2. The third-order valence-electron chi connectivity index (χ3n) is 2.59. The molecule has 0 saturated heterocycles. The number of benzene rings is 2. The molecular formula is C14H15KO. The average molecular weight is 238 g/mol. The zero-order valence-corrected chi connectivity index (χ0v) is 12.9. The van der Waals surface area contributed by atoms with Gasteiger partial charge >= 0.3 is 51.4 Å². The minimum Gasteiger partial charge on any atom is -1.00 e. The van der Waals surface area contributed by atoms with Crippen molar-refractivity contribution in [3.8, 4) is 16.9 Å². The van der Waals surface area contributed by atoms with Crippen molar-refractivity contribution >= 4 is 0 Å². The molecule has 2 rings (SSSR count). The molecular weight excluding hydrogens is 223 g/mol. The van der Waals surface area contributed by atoms with E-state index >= 15 is 0 Å². The van der Waals surface area contributed by atoms with E-state index in [1.54, 1.807) is 6.07 Å². The summed E-state index contributed by atoms with van der Waals surface area (Å²) >= 11 is 0. The van der Waals surface area contributed by atoms with Crippen molar-refractivity contribution in [2.24, 2.45) is 0 Å². The first-order valence-corrected chi connectivity index (χ1v) is 5.19. The molecule has 0 bridgehead atoms. The van der Waals surface area contributed by atoms with Gasteiger partial charge in [-0.3, -0.25) is 0 Å². The van der Waals surface area contributed by atoms with Crippen LogP contribution in [0.5, 0.6) is 5.75 Å². The van der Waals surface area contributed by atoms with E-state index in [1.807, 2.05) is 30.3 Å². The number of aromatic hydroxyl groups is 1. The molecule has 2 aromatic rings. The predicted molar refractivity (Wildman–Crippen MR) is 64.0 cm³/mol. The summed E-state index contributed by atoms with van der Waals surface area (Å²) in [6.07, 6.45) is 0.844.